The molecule has 4 aromatic rings. The fourth-order valence-corrected chi connectivity index (χ4v) is 3.17. The molecule has 0 amide bonds. The maximum absolute atomic E-state index is 13.2. The molecule has 28 heavy (non-hydrogen) atoms. The van der Waals surface area contributed by atoms with E-state index in [-0.39, 0.29) is 5.75 Å². The second-order valence-corrected chi connectivity index (χ2v) is 6.39. The van der Waals surface area contributed by atoms with E-state index in [1.807, 2.05) is 41.1 Å². The molecule has 0 atom stereocenters. The summed E-state index contributed by atoms with van der Waals surface area (Å²) in [6, 6.07) is 15.7. The Morgan fingerprint density at radius 2 is 1.75 bits per heavy atom. The molecular formula is C20H14ClF2N3O2. The van der Waals surface area contributed by atoms with Gasteiger partial charge in [-0.3, -0.25) is 0 Å². The molecule has 5 nitrogen and oxygen atoms in total. The van der Waals surface area contributed by atoms with Crippen molar-refractivity contribution < 1.29 is 18.6 Å². The third-order valence-electron chi connectivity index (χ3n) is 4.19. The van der Waals surface area contributed by atoms with Crippen LogP contribution in [0.5, 0.6) is 5.75 Å². The van der Waals surface area contributed by atoms with Gasteiger partial charge in [0, 0.05) is 17.4 Å². The molecule has 1 N–H and O–H groups in total. The molecule has 0 aliphatic rings. The molecule has 0 fully saturated rings. The van der Waals surface area contributed by atoms with Crippen molar-refractivity contribution in [1.82, 2.24) is 14.5 Å². The Bertz CT molecular complexity index is 1120. The molecule has 0 bridgehead atoms. The number of halogens is 3. The van der Waals surface area contributed by atoms with Gasteiger partial charge in [-0.2, -0.15) is 8.78 Å². The predicted molar refractivity (Wildman–Crippen MR) is 102 cm³/mol. The summed E-state index contributed by atoms with van der Waals surface area (Å²) in [7, 11) is 0. The molecule has 0 radical (unpaired) electrons. The highest BCUT2D eigenvalue weighted by molar-refractivity contribution is 6.35. The van der Waals surface area contributed by atoms with Crippen molar-refractivity contribution in [3.05, 3.63) is 72.3 Å². The minimum atomic E-state index is -3.64. The number of aliphatic hydroxyl groups excluding tert-OH is 1. The van der Waals surface area contributed by atoms with Crippen molar-refractivity contribution in [1.29, 1.82) is 0 Å². The van der Waals surface area contributed by atoms with Gasteiger partial charge in [0.05, 0.1) is 5.39 Å². The first kappa shape index (κ1) is 18.3. The van der Waals surface area contributed by atoms with Crippen LogP contribution in [0.4, 0.5) is 8.78 Å². The van der Waals surface area contributed by atoms with Gasteiger partial charge in [0.15, 0.2) is 0 Å². The third-order valence-corrected chi connectivity index (χ3v) is 4.47. The zero-order chi connectivity index (χ0) is 19.7. The van der Waals surface area contributed by atoms with Crippen LogP contribution in [0.25, 0.3) is 27.8 Å². The van der Waals surface area contributed by atoms with E-state index in [9.17, 15) is 8.78 Å². The molecule has 2 heterocycles. The number of ether oxygens (including phenoxy) is 1. The van der Waals surface area contributed by atoms with Gasteiger partial charge in [0.1, 0.15) is 29.5 Å². The number of benzene rings is 2. The molecule has 0 aliphatic heterocycles. The lowest BCUT2D eigenvalue weighted by Gasteiger charge is -2.15. The van der Waals surface area contributed by atoms with Crippen LogP contribution in [0.15, 0.2) is 67.1 Å². The van der Waals surface area contributed by atoms with E-state index in [1.54, 1.807) is 12.1 Å². The number of aromatic nitrogens is 3. The van der Waals surface area contributed by atoms with Gasteiger partial charge in [0.25, 0.3) is 0 Å². The standard InChI is InChI=1S/C20H14ClF2N3O2/c21-18-17-16(13-6-8-15(9-7-13)28-20(22,23)11-27)10-26(19(17)25-12-24-18)14-4-2-1-3-5-14/h1-10,12,27H,11H2. The second-order valence-electron chi connectivity index (χ2n) is 6.03. The smallest absolute Gasteiger partial charge is 0.421 e. The quantitative estimate of drug-likeness (QED) is 0.492. The predicted octanol–water partition coefficient (Wildman–Crippen LogP) is 4.70. The van der Waals surface area contributed by atoms with Gasteiger partial charge in [-0.15, -0.1) is 0 Å². The van der Waals surface area contributed by atoms with Crippen LogP contribution in [-0.4, -0.2) is 32.4 Å². The minimum absolute atomic E-state index is 0.0584. The van der Waals surface area contributed by atoms with Crippen molar-refractivity contribution in [2.75, 3.05) is 6.61 Å². The van der Waals surface area contributed by atoms with Crippen molar-refractivity contribution in [3.63, 3.8) is 0 Å². The Hall–Kier alpha value is -3.03. The molecule has 0 saturated carbocycles. The van der Waals surface area contributed by atoms with Gasteiger partial charge in [-0.25, -0.2) is 9.97 Å². The Balaban J connectivity index is 1.81. The number of rotatable bonds is 5. The normalized spacial score (nSPS) is 11.7. The largest absolute Gasteiger partial charge is 0.431 e. The topological polar surface area (TPSA) is 60.2 Å². The first-order valence-electron chi connectivity index (χ1n) is 8.33. The van der Waals surface area contributed by atoms with Crippen molar-refractivity contribution in [2.24, 2.45) is 0 Å². The summed E-state index contributed by atoms with van der Waals surface area (Å²) in [6.07, 6.45) is -0.372. The maximum Gasteiger partial charge on any atom is 0.421 e. The average molecular weight is 402 g/mol. The van der Waals surface area contributed by atoms with Gasteiger partial charge >= 0.3 is 6.11 Å². The molecule has 0 spiro atoms. The monoisotopic (exact) mass is 401 g/mol. The number of hydrogen-bond donors (Lipinski definition) is 1. The summed E-state index contributed by atoms with van der Waals surface area (Å²) in [5.74, 6) is -0.0584. The maximum atomic E-state index is 13.2. The molecule has 2 aromatic heterocycles. The fraction of sp³-hybridized carbons (Fsp3) is 0.100. The number of nitrogens with zero attached hydrogens (tertiary/aromatic N) is 3. The van der Waals surface area contributed by atoms with Crippen molar-refractivity contribution in [3.8, 4) is 22.6 Å². The highest BCUT2D eigenvalue weighted by atomic mass is 35.5. The second kappa shape index (κ2) is 7.18. The molecule has 0 aliphatic carbocycles. The number of aliphatic hydroxyl groups is 1. The van der Waals surface area contributed by atoms with Crippen LogP contribution >= 0.6 is 11.6 Å². The van der Waals surface area contributed by atoms with E-state index >= 15 is 0 Å². The summed E-state index contributed by atoms with van der Waals surface area (Å²) >= 11 is 6.33. The van der Waals surface area contributed by atoms with E-state index < -0.39 is 12.7 Å². The fourth-order valence-electron chi connectivity index (χ4n) is 2.94. The number of para-hydroxylation sites is 1. The minimum Gasteiger partial charge on any atom is -0.431 e. The van der Waals surface area contributed by atoms with E-state index in [4.69, 9.17) is 16.7 Å². The van der Waals surface area contributed by atoms with Crippen LogP contribution < -0.4 is 4.74 Å². The van der Waals surface area contributed by atoms with E-state index in [1.165, 1.54) is 18.5 Å². The summed E-state index contributed by atoms with van der Waals surface area (Å²) in [6.45, 7) is -1.40. The van der Waals surface area contributed by atoms with Gasteiger partial charge in [-0.05, 0) is 29.8 Å². The van der Waals surface area contributed by atoms with Crippen molar-refractivity contribution >= 4 is 22.6 Å². The first-order chi connectivity index (χ1) is 13.5. The summed E-state index contributed by atoms with van der Waals surface area (Å²) in [5.41, 5.74) is 3.02. The van der Waals surface area contributed by atoms with Gasteiger partial charge < -0.3 is 14.4 Å². The summed E-state index contributed by atoms with van der Waals surface area (Å²) in [5, 5.41) is 9.59. The number of alkyl halides is 2. The molecule has 4 rings (SSSR count). The van der Waals surface area contributed by atoms with Crippen LogP contribution in [0.3, 0.4) is 0 Å². The Morgan fingerprint density at radius 3 is 2.43 bits per heavy atom. The zero-order valence-corrected chi connectivity index (χ0v) is 15.1. The lowest BCUT2D eigenvalue weighted by atomic mass is 10.1. The van der Waals surface area contributed by atoms with E-state index in [2.05, 4.69) is 14.7 Å². The zero-order valence-electron chi connectivity index (χ0n) is 14.4. The van der Waals surface area contributed by atoms with E-state index in [0.717, 1.165) is 16.8 Å². The SMILES string of the molecule is OCC(F)(F)Oc1ccc(-c2cn(-c3ccccc3)c3ncnc(Cl)c23)cc1. The Morgan fingerprint density at radius 1 is 1.04 bits per heavy atom. The molecule has 0 saturated heterocycles. The third kappa shape index (κ3) is 3.42. The van der Waals surface area contributed by atoms with Crippen LogP contribution in [0.2, 0.25) is 5.15 Å². The van der Waals surface area contributed by atoms with Crippen molar-refractivity contribution in [2.45, 2.75) is 6.11 Å². The van der Waals surface area contributed by atoms with Crippen LogP contribution in [0.1, 0.15) is 0 Å². The van der Waals surface area contributed by atoms with E-state index in [0.29, 0.717) is 16.2 Å². The Labute approximate surface area is 163 Å². The molecular weight excluding hydrogens is 388 g/mol. The molecule has 8 heteroatoms. The highest BCUT2D eigenvalue weighted by Gasteiger charge is 2.30. The van der Waals surface area contributed by atoms with Gasteiger partial charge in [-0.1, -0.05) is 41.9 Å². The van der Waals surface area contributed by atoms with Crippen LogP contribution in [-0.2, 0) is 0 Å². The average Bonchev–Trinajstić information content (AvgIpc) is 3.10. The molecule has 142 valence electrons. The molecule has 2 aromatic carbocycles. The number of fused-ring (bicyclic) bond motifs is 1. The molecule has 0 unspecified atom stereocenters. The van der Waals surface area contributed by atoms with Gasteiger partial charge in [0.2, 0.25) is 0 Å². The summed E-state index contributed by atoms with van der Waals surface area (Å²) in [4.78, 5) is 8.42. The number of hydrogen-bond acceptors (Lipinski definition) is 4. The first-order valence-corrected chi connectivity index (χ1v) is 8.71. The highest BCUT2D eigenvalue weighted by Crippen LogP contribution is 2.36. The Kier molecular flexibility index (Phi) is 4.70. The lowest BCUT2D eigenvalue weighted by Crippen LogP contribution is -2.28. The van der Waals surface area contributed by atoms with Crippen LogP contribution in [0, 0.1) is 0 Å². The lowest BCUT2D eigenvalue weighted by molar-refractivity contribution is -0.200. The summed E-state index contributed by atoms with van der Waals surface area (Å²) < 4.78 is 32.8.